The molecule has 0 atom stereocenters. The van der Waals surface area contributed by atoms with Crippen molar-refractivity contribution in [1.82, 2.24) is 9.78 Å². The summed E-state index contributed by atoms with van der Waals surface area (Å²) < 4.78 is 6.99. The van der Waals surface area contributed by atoms with Gasteiger partial charge in [0.05, 0.1) is 24.9 Å². The van der Waals surface area contributed by atoms with Crippen molar-refractivity contribution in [1.29, 1.82) is 0 Å². The Hall–Kier alpha value is -3.08. The molecule has 0 saturated carbocycles. The van der Waals surface area contributed by atoms with Gasteiger partial charge in [-0.15, -0.1) is 0 Å². The van der Waals surface area contributed by atoms with Crippen molar-refractivity contribution in [3.05, 3.63) is 81.8 Å². The molecule has 5 nitrogen and oxygen atoms in total. The van der Waals surface area contributed by atoms with E-state index in [0.29, 0.717) is 12.1 Å². The van der Waals surface area contributed by atoms with E-state index in [-0.39, 0.29) is 5.56 Å². The van der Waals surface area contributed by atoms with Crippen LogP contribution < -0.4 is 10.3 Å². The van der Waals surface area contributed by atoms with Crippen molar-refractivity contribution in [2.75, 3.05) is 7.11 Å². The quantitative estimate of drug-likeness (QED) is 0.642. The summed E-state index contributed by atoms with van der Waals surface area (Å²) in [6.07, 6.45) is 1.74. The smallest absolute Gasteiger partial charge is 0.280 e. The monoisotopic (exact) mass is 363 g/mol. The average Bonchev–Trinajstić information content (AvgIpc) is 3.03. The number of ether oxygens (including phenoxy) is 1. The van der Waals surface area contributed by atoms with Crippen LogP contribution in [0.3, 0.4) is 0 Å². The number of para-hydroxylation sites is 2. The number of H-pyrrole nitrogens is 1. The van der Waals surface area contributed by atoms with Crippen molar-refractivity contribution in [2.45, 2.75) is 33.2 Å². The molecule has 1 aromatic heterocycles. The lowest BCUT2D eigenvalue weighted by Gasteiger charge is -2.06. The second kappa shape index (κ2) is 8.54. The minimum absolute atomic E-state index is 0.0640. The van der Waals surface area contributed by atoms with Crippen LogP contribution in [0.1, 0.15) is 37.1 Å². The van der Waals surface area contributed by atoms with E-state index >= 15 is 0 Å². The molecule has 140 valence electrons. The first-order chi connectivity index (χ1) is 13.2. The highest BCUT2D eigenvalue weighted by atomic mass is 16.5. The number of hydrogen-bond acceptors (Lipinski definition) is 3. The van der Waals surface area contributed by atoms with Crippen LogP contribution in [0.4, 0.5) is 0 Å². The lowest BCUT2D eigenvalue weighted by molar-refractivity contribution is 0.410. The van der Waals surface area contributed by atoms with E-state index in [1.807, 2.05) is 61.5 Å². The van der Waals surface area contributed by atoms with E-state index in [9.17, 15) is 4.79 Å². The molecular weight excluding hydrogens is 338 g/mol. The fraction of sp³-hybridized carbons (Fsp3) is 0.273. The SMILES string of the molecule is CCCc1[nH]n(-c2ccccc2)c(=O)c1C(C)=NCc1ccccc1OC. The van der Waals surface area contributed by atoms with Crippen LogP contribution in [0.5, 0.6) is 5.75 Å². The first-order valence-corrected chi connectivity index (χ1v) is 9.18. The van der Waals surface area contributed by atoms with Gasteiger partial charge in [-0.05, 0) is 31.5 Å². The van der Waals surface area contributed by atoms with Gasteiger partial charge >= 0.3 is 0 Å². The van der Waals surface area contributed by atoms with Crippen molar-refractivity contribution >= 4 is 5.71 Å². The standard InChI is InChI=1S/C22H25N3O2/c1-4-10-19-21(22(26)25(24-19)18-12-6-5-7-13-18)16(2)23-15-17-11-8-9-14-20(17)27-3/h5-9,11-14,24H,4,10,15H2,1-3H3. The molecule has 27 heavy (non-hydrogen) atoms. The van der Waals surface area contributed by atoms with Gasteiger partial charge in [-0.3, -0.25) is 14.9 Å². The molecule has 0 radical (unpaired) electrons. The van der Waals surface area contributed by atoms with Gasteiger partial charge < -0.3 is 4.74 Å². The molecule has 0 bridgehead atoms. The summed E-state index contributed by atoms with van der Waals surface area (Å²) in [5.41, 5.74) is 4.08. The molecular formula is C22H25N3O2. The van der Waals surface area contributed by atoms with Gasteiger partial charge in [0.15, 0.2) is 0 Å². The van der Waals surface area contributed by atoms with Crippen molar-refractivity contribution in [3.8, 4) is 11.4 Å². The summed E-state index contributed by atoms with van der Waals surface area (Å²) in [5.74, 6) is 0.804. The molecule has 0 unspecified atom stereocenters. The summed E-state index contributed by atoms with van der Waals surface area (Å²) >= 11 is 0. The molecule has 5 heteroatoms. The Morgan fingerprint density at radius 3 is 2.52 bits per heavy atom. The molecule has 0 spiro atoms. The Labute approximate surface area is 159 Å². The van der Waals surface area contributed by atoms with Gasteiger partial charge in [0.2, 0.25) is 0 Å². The van der Waals surface area contributed by atoms with Gasteiger partial charge in [0, 0.05) is 17.0 Å². The summed E-state index contributed by atoms with van der Waals surface area (Å²) in [7, 11) is 1.65. The Kier molecular flexibility index (Phi) is 5.91. The largest absolute Gasteiger partial charge is 0.496 e. The second-order valence-electron chi connectivity index (χ2n) is 6.40. The predicted molar refractivity (Wildman–Crippen MR) is 109 cm³/mol. The zero-order valence-corrected chi connectivity index (χ0v) is 16.0. The summed E-state index contributed by atoms with van der Waals surface area (Å²) in [4.78, 5) is 17.8. The maximum atomic E-state index is 13.1. The molecule has 0 amide bonds. The number of methoxy groups -OCH3 is 1. The van der Waals surface area contributed by atoms with E-state index in [2.05, 4.69) is 17.0 Å². The maximum Gasteiger partial charge on any atom is 0.280 e. The third kappa shape index (κ3) is 4.03. The Morgan fingerprint density at radius 1 is 1.11 bits per heavy atom. The number of aromatic nitrogens is 2. The van der Waals surface area contributed by atoms with Crippen molar-refractivity contribution in [3.63, 3.8) is 0 Å². The second-order valence-corrected chi connectivity index (χ2v) is 6.40. The highest BCUT2D eigenvalue weighted by Crippen LogP contribution is 2.19. The number of hydrogen-bond donors (Lipinski definition) is 1. The molecule has 3 aromatic rings. The number of aromatic amines is 1. The van der Waals surface area contributed by atoms with Crippen LogP contribution in [-0.4, -0.2) is 22.6 Å². The maximum absolute atomic E-state index is 13.1. The molecule has 1 heterocycles. The van der Waals surface area contributed by atoms with Crippen LogP contribution in [0, 0.1) is 0 Å². The molecule has 0 aliphatic heterocycles. The van der Waals surface area contributed by atoms with Crippen LogP contribution in [0.25, 0.3) is 5.69 Å². The van der Waals surface area contributed by atoms with Crippen molar-refractivity contribution < 1.29 is 4.74 Å². The number of aryl methyl sites for hydroxylation is 1. The van der Waals surface area contributed by atoms with E-state index in [4.69, 9.17) is 4.74 Å². The Morgan fingerprint density at radius 2 is 1.81 bits per heavy atom. The number of benzene rings is 2. The minimum Gasteiger partial charge on any atom is -0.496 e. The van der Waals surface area contributed by atoms with Crippen LogP contribution in [0.15, 0.2) is 64.4 Å². The number of nitrogens with zero attached hydrogens (tertiary/aromatic N) is 2. The minimum atomic E-state index is -0.0640. The summed E-state index contributed by atoms with van der Waals surface area (Å²) in [5, 5.41) is 3.27. The third-order valence-electron chi connectivity index (χ3n) is 4.52. The normalized spacial score (nSPS) is 11.6. The first kappa shape index (κ1) is 18.7. The van der Waals surface area contributed by atoms with Gasteiger partial charge in [0.1, 0.15) is 5.75 Å². The van der Waals surface area contributed by atoms with Crippen molar-refractivity contribution in [2.24, 2.45) is 4.99 Å². The zero-order chi connectivity index (χ0) is 19.2. The number of nitrogens with one attached hydrogen (secondary N) is 1. The molecule has 0 saturated heterocycles. The van der Waals surface area contributed by atoms with Crippen LogP contribution in [0.2, 0.25) is 0 Å². The van der Waals surface area contributed by atoms with E-state index in [0.717, 1.165) is 41.2 Å². The topological polar surface area (TPSA) is 59.4 Å². The predicted octanol–water partition coefficient (Wildman–Crippen LogP) is 4.14. The number of aliphatic imine (C=N–C) groups is 1. The molecule has 1 N–H and O–H groups in total. The molecule has 0 aliphatic rings. The fourth-order valence-corrected chi connectivity index (χ4v) is 3.16. The van der Waals surface area contributed by atoms with E-state index < -0.39 is 0 Å². The third-order valence-corrected chi connectivity index (χ3v) is 4.52. The van der Waals surface area contributed by atoms with Gasteiger partial charge in [0.25, 0.3) is 5.56 Å². The molecule has 0 aliphatic carbocycles. The lowest BCUT2D eigenvalue weighted by atomic mass is 10.1. The van der Waals surface area contributed by atoms with Gasteiger partial charge in [-0.2, -0.15) is 0 Å². The highest BCUT2D eigenvalue weighted by Gasteiger charge is 2.17. The summed E-state index contributed by atoms with van der Waals surface area (Å²) in [6.45, 7) is 4.47. The first-order valence-electron chi connectivity index (χ1n) is 9.18. The van der Waals surface area contributed by atoms with Crippen LogP contribution in [-0.2, 0) is 13.0 Å². The lowest BCUT2D eigenvalue weighted by Crippen LogP contribution is -2.19. The molecule has 3 rings (SSSR count). The number of rotatable bonds is 7. The van der Waals surface area contributed by atoms with E-state index in [1.54, 1.807) is 11.8 Å². The zero-order valence-electron chi connectivity index (χ0n) is 16.0. The summed E-state index contributed by atoms with van der Waals surface area (Å²) in [6, 6.07) is 17.4. The Balaban J connectivity index is 1.99. The highest BCUT2D eigenvalue weighted by molar-refractivity contribution is 5.99. The molecule has 0 fully saturated rings. The van der Waals surface area contributed by atoms with Gasteiger partial charge in [-0.25, -0.2) is 4.68 Å². The fourth-order valence-electron chi connectivity index (χ4n) is 3.16. The molecule has 2 aromatic carbocycles. The van der Waals surface area contributed by atoms with E-state index in [1.165, 1.54) is 0 Å². The Bertz CT molecular complexity index is 984. The average molecular weight is 363 g/mol. The van der Waals surface area contributed by atoms with Crippen LogP contribution >= 0.6 is 0 Å². The van der Waals surface area contributed by atoms with Gasteiger partial charge in [-0.1, -0.05) is 49.7 Å².